The normalized spacial score (nSPS) is 12.6. The van der Waals surface area contributed by atoms with Gasteiger partial charge in [0.2, 0.25) is 5.91 Å². The molecule has 0 heterocycles. The summed E-state index contributed by atoms with van der Waals surface area (Å²) in [6, 6.07) is 16.8. The van der Waals surface area contributed by atoms with Gasteiger partial charge in [-0.3, -0.25) is 4.79 Å². The average molecular weight is 363 g/mol. The van der Waals surface area contributed by atoms with Crippen LogP contribution >= 0.6 is 12.4 Å². The number of ether oxygens (including phenoxy) is 1. The summed E-state index contributed by atoms with van der Waals surface area (Å²) in [5, 5.41) is 2.94. The van der Waals surface area contributed by atoms with E-state index < -0.39 is 0 Å². The van der Waals surface area contributed by atoms with Crippen LogP contribution < -0.4 is 15.8 Å². The number of amides is 1. The number of benzene rings is 2. The number of hydrogen-bond acceptors (Lipinski definition) is 3. The van der Waals surface area contributed by atoms with Crippen molar-refractivity contribution in [1.82, 2.24) is 0 Å². The Hall–Kier alpha value is -2.04. The summed E-state index contributed by atoms with van der Waals surface area (Å²) in [4.78, 5) is 12.6. The molecular weight excluding hydrogens is 336 g/mol. The van der Waals surface area contributed by atoms with Gasteiger partial charge in [-0.25, -0.2) is 0 Å². The van der Waals surface area contributed by atoms with E-state index in [-0.39, 0.29) is 30.3 Å². The molecule has 0 bridgehead atoms. The Labute approximate surface area is 156 Å². The fourth-order valence-corrected chi connectivity index (χ4v) is 2.40. The molecule has 0 aliphatic rings. The van der Waals surface area contributed by atoms with Crippen LogP contribution in [0.4, 0.5) is 5.69 Å². The molecule has 4 nitrogen and oxygen atoms in total. The van der Waals surface area contributed by atoms with Crippen LogP contribution in [-0.2, 0) is 4.79 Å². The molecule has 2 unspecified atom stereocenters. The van der Waals surface area contributed by atoms with Crippen molar-refractivity contribution in [3.8, 4) is 5.75 Å². The zero-order valence-electron chi connectivity index (χ0n) is 14.8. The first-order valence-electron chi connectivity index (χ1n) is 8.46. The predicted molar refractivity (Wildman–Crippen MR) is 105 cm³/mol. The minimum absolute atomic E-state index is 0. The molecule has 25 heavy (non-hydrogen) atoms. The minimum Gasteiger partial charge on any atom is -0.491 e. The Morgan fingerprint density at radius 3 is 2.44 bits per heavy atom. The van der Waals surface area contributed by atoms with E-state index in [2.05, 4.69) is 12.2 Å². The van der Waals surface area contributed by atoms with E-state index in [1.807, 2.05) is 61.5 Å². The molecule has 0 radical (unpaired) electrons. The minimum atomic E-state index is -0.351. The van der Waals surface area contributed by atoms with E-state index in [4.69, 9.17) is 10.5 Å². The standard InChI is InChI=1S/C20H26N2O2.ClH/c1-3-4-14-24-18-13-9-8-12-17(18)22-20(23)15(2)19(21)16-10-6-5-7-11-16;/h5-13,15,19H,3-4,14,21H2,1-2H3,(H,22,23);1H. The summed E-state index contributed by atoms with van der Waals surface area (Å²) >= 11 is 0. The third kappa shape index (κ3) is 6.07. The van der Waals surface area contributed by atoms with Crippen molar-refractivity contribution < 1.29 is 9.53 Å². The van der Waals surface area contributed by atoms with Crippen LogP contribution in [0.3, 0.4) is 0 Å². The molecule has 2 rings (SSSR count). The van der Waals surface area contributed by atoms with E-state index >= 15 is 0 Å². The molecule has 0 aliphatic heterocycles. The first-order valence-corrected chi connectivity index (χ1v) is 8.46. The summed E-state index contributed by atoms with van der Waals surface area (Å²) < 4.78 is 5.76. The SMILES string of the molecule is CCCCOc1ccccc1NC(=O)C(C)C(N)c1ccccc1.Cl. The number of para-hydroxylation sites is 2. The molecule has 5 heteroatoms. The number of rotatable bonds is 8. The van der Waals surface area contributed by atoms with Crippen LogP contribution in [0.1, 0.15) is 38.3 Å². The van der Waals surface area contributed by atoms with Gasteiger partial charge in [0.05, 0.1) is 18.2 Å². The predicted octanol–water partition coefficient (Wildman–Crippen LogP) is 4.56. The highest BCUT2D eigenvalue weighted by Crippen LogP contribution is 2.26. The number of carbonyl (C=O) groups excluding carboxylic acids is 1. The second-order valence-electron chi connectivity index (χ2n) is 5.91. The summed E-state index contributed by atoms with van der Waals surface area (Å²) in [6.45, 7) is 4.60. The Balaban J connectivity index is 0.00000312. The lowest BCUT2D eigenvalue weighted by molar-refractivity contribution is -0.120. The van der Waals surface area contributed by atoms with Crippen LogP contribution in [0.5, 0.6) is 5.75 Å². The van der Waals surface area contributed by atoms with Gasteiger partial charge in [0, 0.05) is 6.04 Å². The van der Waals surface area contributed by atoms with Crippen molar-refractivity contribution in [3.05, 3.63) is 60.2 Å². The lowest BCUT2D eigenvalue weighted by atomic mass is 9.94. The summed E-state index contributed by atoms with van der Waals surface area (Å²) in [5.41, 5.74) is 7.87. The van der Waals surface area contributed by atoms with Gasteiger partial charge in [-0.1, -0.05) is 62.7 Å². The zero-order chi connectivity index (χ0) is 17.4. The number of hydrogen-bond donors (Lipinski definition) is 2. The van der Waals surface area contributed by atoms with Crippen molar-refractivity contribution in [2.24, 2.45) is 11.7 Å². The molecule has 2 atom stereocenters. The number of anilines is 1. The lowest BCUT2D eigenvalue weighted by Crippen LogP contribution is -2.30. The van der Waals surface area contributed by atoms with Crippen LogP contribution in [-0.4, -0.2) is 12.5 Å². The van der Waals surface area contributed by atoms with Gasteiger partial charge < -0.3 is 15.8 Å². The number of nitrogens with one attached hydrogen (secondary N) is 1. The Morgan fingerprint density at radius 1 is 1.12 bits per heavy atom. The van der Waals surface area contributed by atoms with Gasteiger partial charge in [0.25, 0.3) is 0 Å². The second kappa shape index (κ2) is 10.7. The third-order valence-electron chi connectivity index (χ3n) is 4.04. The molecule has 0 aromatic heterocycles. The molecule has 0 spiro atoms. The van der Waals surface area contributed by atoms with Gasteiger partial charge in [0.1, 0.15) is 5.75 Å². The fraction of sp³-hybridized carbons (Fsp3) is 0.350. The maximum absolute atomic E-state index is 12.6. The van der Waals surface area contributed by atoms with Crippen molar-refractivity contribution in [2.75, 3.05) is 11.9 Å². The average Bonchev–Trinajstić information content (AvgIpc) is 2.62. The maximum atomic E-state index is 12.6. The van der Waals surface area contributed by atoms with Crippen molar-refractivity contribution in [1.29, 1.82) is 0 Å². The van der Waals surface area contributed by atoms with Gasteiger partial charge in [0.15, 0.2) is 0 Å². The molecule has 2 aromatic carbocycles. The number of carbonyl (C=O) groups is 1. The maximum Gasteiger partial charge on any atom is 0.229 e. The highest BCUT2D eigenvalue weighted by atomic mass is 35.5. The van der Waals surface area contributed by atoms with Crippen molar-refractivity contribution in [3.63, 3.8) is 0 Å². The largest absolute Gasteiger partial charge is 0.491 e. The van der Waals surface area contributed by atoms with Gasteiger partial charge in [-0.05, 0) is 24.1 Å². The van der Waals surface area contributed by atoms with Gasteiger partial charge in [-0.2, -0.15) is 0 Å². The van der Waals surface area contributed by atoms with Crippen LogP contribution in [0.15, 0.2) is 54.6 Å². The Morgan fingerprint density at radius 2 is 1.76 bits per heavy atom. The molecule has 0 saturated heterocycles. The number of unbranched alkanes of at least 4 members (excludes halogenated alkanes) is 1. The second-order valence-corrected chi connectivity index (χ2v) is 5.91. The molecule has 0 saturated carbocycles. The smallest absolute Gasteiger partial charge is 0.229 e. The van der Waals surface area contributed by atoms with E-state index in [1.165, 1.54) is 0 Å². The van der Waals surface area contributed by atoms with Gasteiger partial charge >= 0.3 is 0 Å². The molecule has 1 amide bonds. The highest BCUT2D eigenvalue weighted by molar-refractivity contribution is 5.94. The molecular formula is C20H27ClN2O2. The van der Waals surface area contributed by atoms with E-state index in [0.717, 1.165) is 18.4 Å². The van der Waals surface area contributed by atoms with Crippen molar-refractivity contribution in [2.45, 2.75) is 32.7 Å². The topological polar surface area (TPSA) is 64.3 Å². The highest BCUT2D eigenvalue weighted by Gasteiger charge is 2.22. The van der Waals surface area contributed by atoms with Crippen molar-refractivity contribution >= 4 is 24.0 Å². The van der Waals surface area contributed by atoms with E-state index in [9.17, 15) is 4.79 Å². The Kier molecular flexibility index (Phi) is 9.03. The third-order valence-corrected chi connectivity index (χ3v) is 4.04. The summed E-state index contributed by atoms with van der Waals surface area (Å²) in [6.07, 6.45) is 2.05. The zero-order valence-corrected chi connectivity index (χ0v) is 15.6. The first kappa shape index (κ1) is 21.0. The number of halogens is 1. The van der Waals surface area contributed by atoms with Crippen LogP contribution in [0.2, 0.25) is 0 Å². The molecule has 0 fully saturated rings. The molecule has 2 aromatic rings. The van der Waals surface area contributed by atoms with E-state index in [1.54, 1.807) is 0 Å². The van der Waals surface area contributed by atoms with Gasteiger partial charge in [-0.15, -0.1) is 12.4 Å². The van der Waals surface area contributed by atoms with E-state index in [0.29, 0.717) is 18.0 Å². The van der Waals surface area contributed by atoms with Crippen LogP contribution in [0, 0.1) is 5.92 Å². The summed E-state index contributed by atoms with van der Waals surface area (Å²) in [7, 11) is 0. The lowest BCUT2D eigenvalue weighted by Gasteiger charge is -2.20. The molecule has 136 valence electrons. The summed E-state index contributed by atoms with van der Waals surface area (Å²) in [5.74, 6) is 0.230. The molecule has 0 aliphatic carbocycles. The number of nitrogens with two attached hydrogens (primary N) is 1. The fourth-order valence-electron chi connectivity index (χ4n) is 2.40. The first-order chi connectivity index (χ1) is 11.6. The van der Waals surface area contributed by atoms with Crippen LogP contribution in [0.25, 0.3) is 0 Å². The molecule has 3 N–H and O–H groups in total. The Bertz CT molecular complexity index is 649. The quantitative estimate of drug-likeness (QED) is 0.676. The monoisotopic (exact) mass is 362 g/mol.